The van der Waals surface area contributed by atoms with Crippen LogP contribution in [-0.2, 0) is 6.42 Å². The molecule has 0 aliphatic heterocycles. The van der Waals surface area contributed by atoms with Gasteiger partial charge in [0.2, 0.25) is 0 Å². The molecule has 0 amide bonds. The molecule has 0 fully saturated rings. The fourth-order valence-electron chi connectivity index (χ4n) is 1.16. The van der Waals surface area contributed by atoms with Gasteiger partial charge >= 0.3 is 0 Å². The second-order valence-corrected chi connectivity index (χ2v) is 3.65. The number of H-pyrrole nitrogens is 1. The first-order valence-electron chi connectivity index (χ1n) is 4.12. The lowest BCUT2D eigenvalue weighted by Crippen LogP contribution is -1.83. The smallest absolute Gasteiger partial charge is 0.182 e. The van der Waals surface area contributed by atoms with E-state index in [0.29, 0.717) is 11.6 Å². The van der Waals surface area contributed by atoms with Crippen LogP contribution in [0.1, 0.15) is 11.4 Å². The van der Waals surface area contributed by atoms with Crippen molar-refractivity contribution in [1.29, 1.82) is 5.26 Å². The van der Waals surface area contributed by atoms with Crippen molar-refractivity contribution in [2.75, 3.05) is 0 Å². The summed E-state index contributed by atoms with van der Waals surface area (Å²) in [4.78, 5) is 4.22. The molecule has 70 valence electrons. The Kier molecular flexibility index (Phi) is 2.29. The number of thiophene rings is 1. The average molecular weight is 204 g/mol. The van der Waals surface area contributed by atoms with Gasteiger partial charge in [-0.15, -0.1) is 0 Å². The van der Waals surface area contributed by atoms with E-state index >= 15 is 0 Å². The molecule has 0 aliphatic rings. The zero-order valence-electron chi connectivity index (χ0n) is 7.61. The fraction of sp³-hybridized carbons (Fsp3) is 0.222. The van der Waals surface area contributed by atoms with Crippen LogP contribution in [0.2, 0.25) is 0 Å². The topological polar surface area (TPSA) is 65.4 Å². The van der Waals surface area contributed by atoms with E-state index in [9.17, 15) is 0 Å². The molecule has 2 heterocycles. The van der Waals surface area contributed by atoms with E-state index in [2.05, 4.69) is 20.6 Å². The first-order valence-corrected chi connectivity index (χ1v) is 5.07. The second kappa shape index (κ2) is 3.60. The normalized spacial score (nSPS) is 10.0. The van der Waals surface area contributed by atoms with Gasteiger partial charge in [0, 0.05) is 10.9 Å². The number of nitriles is 1. The summed E-state index contributed by atoms with van der Waals surface area (Å²) in [5, 5.41) is 19.3. The van der Waals surface area contributed by atoms with Crippen molar-refractivity contribution in [3.05, 3.63) is 22.1 Å². The Morgan fingerprint density at radius 1 is 1.57 bits per heavy atom. The Hall–Kier alpha value is -1.67. The molecule has 0 bridgehead atoms. The molecular weight excluding hydrogens is 196 g/mol. The zero-order valence-corrected chi connectivity index (χ0v) is 8.43. The molecule has 0 spiro atoms. The molecule has 5 heteroatoms. The van der Waals surface area contributed by atoms with E-state index in [-0.39, 0.29) is 6.42 Å². The third-order valence-electron chi connectivity index (χ3n) is 1.87. The molecule has 0 saturated heterocycles. The van der Waals surface area contributed by atoms with Crippen molar-refractivity contribution >= 4 is 11.3 Å². The van der Waals surface area contributed by atoms with Gasteiger partial charge < -0.3 is 0 Å². The number of rotatable bonds is 2. The molecule has 0 aliphatic carbocycles. The van der Waals surface area contributed by atoms with Crippen LogP contribution in [0.5, 0.6) is 0 Å². The van der Waals surface area contributed by atoms with E-state index in [0.717, 1.165) is 11.1 Å². The lowest BCUT2D eigenvalue weighted by molar-refractivity contribution is 0.996. The van der Waals surface area contributed by atoms with E-state index < -0.39 is 0 Å². The molecule has 0 radical (unpaired) electrons. The van der Waals surface area contributed by atoms with Crippen molar-refractivity contribution in [2.24, 2.45) is 0 Å². The van der Waals surface area contributed by atoms with Crippen LogP contribution in [0, 0.1) is 18.3 Å². The third-order valence-corrected chi connectivity index (χ3v) is 2.74. The molecule has 4 nitrogen and oxygen atoms in total. The Morgan fingerprint density at radius 3 is 3.07 bits per heavy atom. The zero-order chi connectivity index (χ0) is 9.97. The molecule has 1 N–H and O–H groups in total. The number of nitrogens with zero attached hydrogens (tertiary/aromatic N) is 3. The maximum Gasteiger partial charge on any atom is 0.182 e. The molecule has 14 heavy (non-hydrogen) atoms. The van der Waals surface area contributed by atoms with Crippen LogP contribution < -0.4 is 0 Å². The van der Waals surface area contributed by atoms with Gasteiger partial charge in [0.1, 0.15) is 5.82 Å². The summed E-state index contributed by atoms with van der Waals surface area (Å²) in [6, 6.07) is 2.03. The monoisotopic (exact) mass is 204 g/mol. The second-order valence-electron chi connectivity index (χ2n) is 2.91. The number of aromatic amines is 1. The first kappa shape index (κ1) is 8.91. The minimum atomic E-state index is 0.274. The Balaban J connectivity index is 2.35. The Bertz CT molecular complexity index is 477. The number of hydrogen-bond acceptors (Lipinski definition) is 4. The fourth-order valence-corrected chi connectivity index (χ4v) is 1.99. The van der Waals surface area contributed by atoms with Crippen LogP contribution in [0.15, 0.2) is 10.8 Å². The molecule has 2 rings (SSSR count). The number of nitrogens with one attached hydrogen (secondary N) is 1. The molecule has 2 aromatic rings. The minimum absolute atomic E-state index is 0.274. The highest BCUT2D eigenvalue weighted by molar-refractivity contribution is 7.08. The quantitative estimate of drug-likeness (QED) is 0.812. The van der Waals surface area contributed by atoms with Gasteiger partial charge in [-0.05, 0) is 17.9 Å². The molecular formula is C9H8N4S. The standard InChI is InChI=1S/C9H8N4S/c1-6-4-14-5-7(6)9-11-8(2-3-10)12-13-9/h4-5H,2H2,1H3,(H,11,12,13). The summed E-state index contributed by atoms with van der Waals surface area (Å²) >= 11 is 1.62. The summed E-state index contributed by atoms with van der Waals surface area (Å²) in [5.74, 6) is 1.29. The van der Waals surface area contributed by atoms with Crippen LogP contribution in [-0.4, -0.2) is 15.2 Å². The predicted molar refractivity (Wildman–Crippen MR) is 53.7 cm³/mol. The molecule has 0 saturated carbocycles. The largest absolute Gasteiger partial charge is 0.262 e. The number of aryl methyl sites for hydroxylation is 1. The summed E-state index contributed by atoms with van der Waals surface area (Å²) in [5.41, 5.74) is 2.20. The van der Waals surface area contributed by atoms with Crippen molar-refractivity contribution in [3.8, 4) is 17.5 Å². The van der Waals surface area contributed by atoms with Gasteiger partial charge in [0.15, 0.2) is 5.82 Å². The maximum absolute atomic E-state index is 8.48. The Labute approximate surface area is 85.2 Å². The van der Waals surface area contributed by atoms with E-state index in [1.165, 1.54) is 0 Å². The van der Waals surface area contributed by atoms with Crippen LogP contribution >= 0.6 is 11.3 Å². The summed E-state index contributed by atoms with van der Waals surface area (Å²) in [6.07, 6.45) is 0.274. The lowest BCUT2D eigenvalue weighted by atomic mass is 10.2. The molecule has 0 aromatic carbocycles. The van der Waals surface area contributed by atoms with Crippen molar-refractivity contribution in [2.45, 2.75) is 13.3 Å². The van der Waals surface area contributed by atoms with Crippen LogP contribution in [0.25, 0.3) is 11.4 Å². The maximum atomic E-state index is 8.48. The highest BCUT2D eigenvalue weighted by Crippen LogP contribution is 2.23. The van der Waals surface area contributed by atoms with Gasteiger partial charge in [0.05, 0.1) is 12.5 Å². The highest BCUT2D eigenvalue weighted by atomic mass is 32.1. The summed E-state index contributed by atoms with van der Waals surface area (Å²) < 4.78 is 0. The minimum Gasteiger partial charge on any atom is -0.262 e. The van der Waals surface area contributed by atoms with Gasteiger partial charge in [0.25, 0.3) is 0 Å². The average Bonchev–Trinajstić information content (AvgIpc) is 2.74. The first-order chi connectivity index (χ1) is 6.81. The lowest BCUT2D eigenvalue weighted by Gasteiger charge is -1.89. The van der Waals surface area contributed by atoms with E-state index in [1.807, 2.05) is 18.4 Å². The summed E-state index contributed by atoms with van der Waals surface area (Å²) in [6.45, 7) is 2.02. The van der Waals surface area contributed by atoms with Gasteiger partial charge in [-0.25, -0.2) is 4.98 Å². The van der Waals surface area contributed by atoms with Crippen LogP contribution in [0.4, 0.5) is 0 Å². The predicted octanol–water partition coefficient (Wildman–Crippen LogP) is 1.91. The molecule has 2 aromatic heterocycles. The number of hydrogen-bond donors (Lipinski definition) is 1. The molecule has 0 unspecified atom stereocenters. The van der Waals surface area contributed by atoms with Gasteiger partial charge in [-0.2, -0.15) is 21.7 Å². The third kappa shape index (κ3) is 1.52. The van der Waals surface area contributed by atoms with Gasteiger partial charge in [-0.1, -0.05) is 0 Å². The Morgan fingerprint density at radius 2 is 2.43 bits per heavy atom. The number of aromatic nitrogens is 3. The van der Waals surface area contributed by atoms with Crippen molar-refractivity contribution < 1.29 is 0 Å². The SMILES string of the molecule is Cc1cscc1-c1n[nH]c(CC#N)n1. The van der Waals surface area contributed by atoms with Crippen LogP contribution in [0.3, 0.4) is 0 Å². The van der Waals surface area contributed by atoms with Crippen molar-refractivity contribution in [3.63, 3.8) is 0 Å². The molecule has 0 atom stereocenters. The highest BCUT2D eigenvalue weighted by Gasteiger charge is 2.08. The van der Waals surface area contributed by atoms with Crippen molar-refractivity contribution in [1.82, 2.24) is 15.2 Å². The van der Waals surface area contributed by atoms with E-state index in [1.54, 1.807) is 11.3 Å². The van der Waals surface area contributed by atoms with E-state index in [4.69, 9.17) is 5.26 Å². The summed E-state index contributed by atoms with van der Waals surface area (Å²) in [7, 11) is 0. The van der Waals surface area contributed by atoms with Gasteiger partial charge in [-0.3, -0.25) is 5.10 Å².